The molecule has 1 amide bonds. The summed E-state index contributed by atoms with van der Waals surface area (Å²) in [6.45, 7) is 2.94. The molecule has 0 unspecified atom stereocenters. The van der Waals surface area contributed by atoms with Gasteiger partial charge < -0.3 is 15.5 Å². The summed E-state index contributed by atoms with van der Waals surface area (Å²) in [6, 6.07) is 4.57. The van der Waals surface area contributed by atoms with Crippen LogP contribution in [0.2, 0.25) is 0 Å². The van der Waals surface area contributed by atoms with Gasteiger partial charge in [0.2, 0.25) is 5.91 Å². The minimum Gasteiger partial charge on any atom is -0.504 e. The Balaban J connectivity index is 2.10. The summed E-state index contributed by atoms with van der Waals surface area (Å²) in [7, 11) is 0. The highest BCUT2D eigenvalue weighted by atomic mass is 16.3. The standard InChI is InChI=1S/C21H31NO3/c1-2-3-4-5-6-7-8-11-16-22-21(25)13-10-9-12-18-14-15-19(23)20(24)17-18/h9-10,12-15,17,23-24H,2-8,11,16H2,1H3,(H,22,25)/b12-9+,13-10+. The maximum Gasteiger partial charge on any atom is 0.243 e. The highest BCUT2D eigenvalue weighted by Gasteiger charge is 1.97. The minimum atomic E-state index is -0.158. The average molecular weight is 345 g/mol. The van der Waals surface area contributed by atoms with Crippen LogP contribution in [0.15, 0.2) is 36.4 Å². The number of benzene rings is 1. The summed E-state index contributed by atoms with van der Waals surface area (Å²) in [5.74, 6) is -0.400. The fraction of sp³-hybridized carbons (Fsp3) is 0.476. The summed E-state index contributed by atoms with van der Waals surface area (Å²) < 4.78 is 0. The molecule has 0 aliphatic rings. The Bertz CT molecular complexity index is 564. The molecule has 4 nitrogen and oxygen atoms in total. The SMILES string of the molecule is CCCCCCCCCCNC(=O)/C=C/C=C/c1ccc(O)c(O)c1. The smallest absolute Gasteiger partial charge is 0.243 e. The van der Waals surface area contributed by atoms with Crippen molar-refractivity contribution in [1.82, 2.24) is 5.32 Å². The Morgan fingerprint density at radius 2 is 1.64 bits per heavy atom. The molecular formula is C21H31NO3. The molecule has 0 radical (unpaired) electrons. The largest absolute Gasteiger partial charge is 0.504 e. The lowest BCUT2D eigenvalue weighted by Crippen LogP contribution is -2.21. The molecule has 0 heterocycles. The van der Waals surface area contributed by atoms with Gasteiger partial charge in [-0.05, 0) is 24.1 Å². The molecule has 3 N–H and O–H groups in total. The van der Waals surface area contributed by atoms with Gasteiger partial charge in [0.15, 0.2) is 11.5 Å². The maximum atomic E-state index is 11.7. The number of phenols is 2. The van der Waals surface area contributed by atoms with Gasteiger partial charge >= 0.3 is 0 Å². The lowest BCUT2D eigenvalue weighted by Gasteiger charge is -2.02. The van der Waals surface area contributed by atoms with E-state index in [4.69, 9.17) is 0 Å². The molecule has 0 aliphatic heterocycles. The summed E-state index contributed by atoms with van der Waals surface area (Å²) in [5.41, 5.74) is 0.749. The van der Waals surface area contributed by atoms with Crippen molar-refractivity contribution in [2.75, 3.05) is 6.54 Å². The number of rotatable bonds is 12. The molecule has 0 bridgehead atoms. The highest BCUT2D eigenvalue weighted by Crippen LogP contribution is 2.25. The molecule has 0 spiro atoms. The molecule has 0 saturated carbocycles. The lowest BCUT2D eigenvalue weighted by atomic mass is 10.1. The van der Waals surface area contributed by atoms with Crippen LogP contribution in [0.1, 0.15) is 63.9 Å². The Kier molecular flexibility index (Phi) is 10.9. The lowest BCUT2D eigenvalue weighted by molar-refractivity contribution is -0.116. The van der Waals surface area contributed by atoms with Gasteiger partial charge in [0.05, 0.1) is 0 Å². The van der Waals surface area contributed by atoms with Gasteiger partial charge in [-0.15, -0.1) is 0 Å². The van der Waals surface area contributed by atoms with Gasteiger partial charge in [-0.3, -0.25) is 4.79 Å². The Labute approximate surface area is 151 Å². The number of carbonyl (C=O) groups excluding carboxylic acids is 1. The van der Waals surface area contributed by atoms with Crippen molar-refractivity contribution in [3.05, 3.63) is 42.0 Å². The summed E-state index contributed by atoms with van der Waals surface area (Å²) >= 11 is 0. The highest BCUT2D eigenvalue weighted by molar-refractivity contribution is 5.87. The van der Waals surface area contributed by atoms with Crippen LogP contribution in [-0.2, 0) is 4.79 Å². The number of allylic oxidation sites excluding steroid dienone is 2. The van der Waals surface area contributed by atoms with Crippen molar-refractivity contribution in [3.8, 4) is 11.5 Å². The quantitative estimate of drug-likeness (QED) is 0.218. The second-order valence-corrected chi connectivity index (χ2v) is 6.23. The predicted octanol–water partition coefficient (Wildman–Crippen LogP) is 4.92. The number of aromatic hydroxyl groups is 2. The van der Waals surface area contributed by atoms with Crippen LogP contribution >= 0.6 is 0 Å². The molecule has 0 saturated heterocycles. The van der Waals surface area contributed by atoms with Gasteiger partial charge in [-0.25, -0.2) is 0 Å². The van der Waals surface area contributed by atoms with E-state index >= 15 is 0 Å². The van der Waals surface area contributed by atoms with Crippen LogP contribution in [0.3, 0.4) is 0 Å². The summed E-state index contributed by atoms with van der Waals surface area (Å²) in [5, 5.41) is 21.5. The molecular weight excluding hydrogens is 314 g/mol. The summed E-state index contributed by atoms with van der Waals surface area (Å²) in [4.78, 5) is 11.7. The van der Waals surface area contributed by atoms with Crippen LogP contribution in [-0.4, -0.2) is 22.7 Å². The van der Waals surface area contributed by atoms with Gasteiger partial charge in [0, 0.05) is 12.6 Å². The van der Waals surface area contributed by atoms with Crippen LogP contribution in [0.4, 0.5) is 0 Å². The van der Waals surface area contributed by atoms with Crippen molar-refractivity contribution in [2.24, 2.45) is 0 Å². The molecule has 0 aromatic heterocycles. The first-order chi connectivity index (χ1) is 12.1. The average Bonchev–Trinajstić information content (AvgIpc) is 2.60. The molecule has 0 fully saturated rings. The van der Waals surface area contributed by atoms with E-state index in [-0.39, 0.29) is 17.4 Å². The monoisotopic (exact) mass is 345 g/mol. The van der Waals surface area contributed by atoms with E-state index in [9.17, 15) is 15.0 Å². The number of phenolic OH excluding ortho intramolecular Hbond substituents is 2. The fourth-order valence-corrected chi connectivity index (χ4v) is 2.48. The normalized spacial score (nSPS) is 11.4. The number of carbonyl (C=O) groups is 1. The van der Waals surface area contributed by atoms with Crippen LogP contribution < -0.4 is 5.32 Å². The molecule has 0 aliphatic carbocycles. The van der Waals surface area contributed by atoms with E-state index in [1.807, 2.05) is 0 Å². The zero-order valence-electron chi connectivity index (χ0n) is 15.2. The van der Waals surface area contributed by atoms with Gasteiger partial charge in [0.25, 0.3) is 0 Å². The summed E-state index contributed by atoms with van der Waals surface area (Å²) in [6.07, 6.45) is 16.7. The van der Waals surface area contributed by atoms with Crippen LogP contribution in [0.25, 0.3) is 6.08 Å². The molecule has 25 heavy (non-hydrogen) atoms. The number of amides is 1. The number of unbranched alkanes of at least 4 members (excludes halogenated alkanes) is 7. The number of hydrogen-bond acceptors (Lipinski definition) is 3. The van der Waals surface area contributed by atoms with E-state index in [0.717, 1.165) is 12.0 Å². The Morgan fingerprint density at radius 1 is 0.960 bits per heavy atom. The van der Waals surface area contributed by atoms with Gasteiger partial charge in [0.1, 0.15) is 0 Å². The molecule has 1 rings (SSSR count). The third kappa shape index (κ3) is 10.3. The molecule has 1 aromatic rings. The van der Waals surface area contributed by atoms with Crippen LogP contribution in [0, 0.1) is 0 Å². The number of hydrogen-bond donors (Lipinski definition) is 3. The fourth-order valence-electron chi connectivity index (χ4n) is 2.48. The molecule has 0 atom stereocenters. The van der Waals surface area contributed by atoms with Crippen molar-refractivity contribution in [3.63, 3.8) is 0 Å². The van der Waals surface area contributed by atoms with Crippen LogP contribution in [0.5, 0.6) is 11.5 Å². The Hall–Kier alpha value is -2.23. The zero-order valence-corrected chi connectivity index (χ0v) is 15.2. The topological polar surface area (TPSA) is 69.6 Å². The Morgan fingerprint density at radius 3 is 2.32 bits per heavy atom. The zero-order chi connectivity index (χ0) is 18.3. The first kappa shape index (κ1) is 20.8. The van der Waals surface area contributed by atoms with E-state index in [1.165, 1.54) is 63.2 Å². The van der Waals surface area contributed by atoms with Crippen molar-refractivity contribution in [2.45, 2.75) is 58.3 Å². The van der Waals surface area contributed by atoms with Crippen molar-refractivity contribution in [1.29, 1.82) is 0 Å². The predicted molar refractivity (Wildman–Crippen MR) is 104 cm³/mol. The van der Waals surface area contributed by atoms with Crippen molar-refractivity contribution >= 4 is 12.0 Å². The van der Waals surface area contributed by atoms with E-state index in [0.29, 0.717) is 6.54 Å². The van der Waals surface area contributed by atoms with E-state index in [2.05, 4.69) is 12.2 Å². The van der Waals surface area contributed by atoms with E-state index < -0.39 is 0 Å². The molecule has 1 aromatic carbocycles. The maximum absolute atomic E-state index is 11.7. The third-order valence-corrected chi connectivity index (χ3v) is 3.98. The second kappa shape index (κ2) is 13.1. The first-order valence-electron chi connectivity index (χ1n) is 9.28. The minimum absolute atomic E-state index is 0.0962. The van der Waals surface area contributed by atoms with E-state index in [1.54, 1.807) is 24.3 Å². The second-order valence-electron chi connectivity index (χ2n) is 6.23. The van der Waals surface area contributed by atoms with Crippen molar-refractivity contribution < 1.29 is 15.0 Å². The number of nitrogens with one attached hydrogen (secondary N) is 1. The third-order valence-electron chi connectivity index (χ3n) is 3.98. The van der Waals surface area contributed by atoms with Gasteiger partial charge in [-0.1, -0.05) is 76.2 Å². The first-order valence-corrected chi connectivity index (χ1v) is 9.28. The molecule has 4 heteroatoms. The molecule has 138 valence electrons. The van der Waals surface area contributed by atoms with Gasteiger partial charge in [-0.2, -0.15) is 0 Å².